The van der Waals surface area contributed by atoms with E-state index in [0.717, 1.165) is 77.0 Å². The van der Waals surface area contributed by atoms with Gasteiger partial charge in [-0.3, -0.25) is 4.79 Å². The van der Waals surface area contributed by atoms with E-state index >= 15 is 0 Å². The molecule has 2 fully saturated rings. The van der Waals surface area contributed by atoms with Crippen LogP contribution in [-0.2, 0) is 23.7 Å². The van der Waals surface area contributed by atoms with Crippen molar-refractivity contribution >= 4 is 5.91 Å². The van der Waals surface area contributed by atoms with Gasteiger partial charge in [-0.1, -0.05) is 236 Å². The molecule has 0 spiro atoms. The maximum absolute atomic E-state index is 13.3. The molecule has 0 aliphatic carbocycles. The molecule has 0 aromatic carbocycles. The van der Waals surface area contributed by atoms with Gasteiger partial charge in [-0.05, 0) is 51.4 Å². The van der Waals surface area contributed by atoms with E-state index in [9.17, 15) is 45.6 Å². The van der Waals surface area contributed by atoms with Crippen molar-refractivity contribution in [1.82, 2.24) is 5.32 Å². The lowest BCUT2D eigenvalue weighted by Gasteiger charge is -2.46. The molecule has 2 rings (SSSR count). The smallest absolute Gasteiger partial charge is 0.220 e. The molecule has 12 unspecified atom stereocenters. The summed E-state index contributed by atoms with van der Waals surface area (Å²) in [4.78, 5) is 13.3. The number of allylic oxidation sites excluding steroid dienone is 8. The van der Waals surface area contributed by atoms with Gasteiger partial charge in [0.25, 0.3) is 0 Å². The third-order valence-corrected chi connectivity index (χ3v) is 15.1. The second kappa shape index (κ2) is 47.7. The summed E-state index contributed by atoms with van der Waals surface area (Å²) in [6.07, 6.45) is 42.8. The molecule has 0 radical (unpaired) electrons. The molecule has 2 saturated heterocycles. The average Bonchev–Trinajstić information content (AvgIpc) is 3.42. The number of carbonyl (C=O) groups excluding carboxylic acids is 1. The van der Waals surface area contributed by atoms with Crippen molar-refractivity contribution in [2.45, 2.75) is 319 Å². The normalized spacial score (nSPS) is 25.2. The minimum absolute atomic E-state index is 0.206. The number of hydrogen-bond donors (Lipinski definition) is 9. The molecule has 2 heterocycles. The minimum Gasteiger partial charge on any atom is -0.394 e. The summed E-state index contributed by atoms with van der Waals surface area (Å²) in [7, 11) is 0. The van der Waals surface area contributed by atoms with Gasteiger partial charge in [0.2, 0.25) is 5.91 Å². The topological polar surface area (TPSA) is 228 Å². The van der Waals surface area contributed by atoms with Crippen LogP contribution in [0.3, 0.4) is 0 Å². The van der Waals surface area contributed by atoms with Crippen molar-refractivity contribution in [1.29, 1.82) is 0 Å². The van der Waals surface area contributed by atoms with E-state index in [4.69, 9.17) is 18.9 Å². The molecule has 2 aliphatic heterocycles. The first-order valence-corrected chi connectivity index (χ1v) is 30.9. The molecule has 9 N–H and O–H groups in total. The second-order valence-corrected chi connectivity index (χ2v) is 21.8. The van der Waals surface area contributed by atoms with Crippen LogP contribution in [0.1, 0.15) is 245 Å². The summed E-state index contributed by atoms with van der Waals surface area (Å²) < 4.78 is 22.8. The van der Waals surface area contributed by atoms with Crippen LogP contribution in [0.5, 0.6) is 0 Å². The molecule has 76 heavy (non-hydrogen) atoms. The van der Waals surface area contributed by atoms with Crippen molar-refractivity contribution in [2.75, 3.05) is 19.8 Å². The van der Waals surface area contributed by atoms with E-state index in [0.29, 0.717) is 12.8 Å². The average molecular weight is 1080 g/mol. The van der Waals surface area contributed by atoms with E-state index in [2.05, 4.69) is 67.8 Å². The van der Waals surface area contributed by atoms with Crippen molar-refractivity contribution in [3.05, 3.63) is 48.6 Å². The number of amides is 1. The van der Waals surface area contributed by atoms with Crippen molar-refractivity contribution < 1.29 is 64.6 Å². The van der Waals surface area contributed by atoms with Crippen LogP contribution >= 0.6 is 0 Å². The number of ether oxygens (including phenoxy) is 4. The minimum atomic E-state index is -1.78. The highest BCUT2D eigenvalue weighted by Gasteiger charge is 2.51. The van der Waals surface area contributed by atoms with Crippen LogP contribution in [-0.4, -0.2) is 140 Å². The maximum atomic E-state index is 13.3. The molecule has 0 saturated carbocycles. The fourth-order valence-electron chi connectivity index (χ4n) is 10.1. The number of aliphatic hydroxyl groups is 8. The molecule has 2 aliphatic rings. The summed E-state index contributed by atoms with van der Waals surface area (Å²) in [5.41, 5.74) is 0. The number of aliphatic hydroxyl groups excluding tert-OH is 8. The van der Waals surface area contributed by atoms with E-state index in [1.54, 1.807) is 0 Å². The van der Waals surface area contributed by atoms with Gasteiger partial charge >= 0.3 is 0 Å². The summed E-state index contributed by atoms with van der Waals surface area (Å²) >= 11 is 0. The van der Waals surface area contributed by atoms with Crippen LogP contribution in [0.25, 0.3) is 0 Å². The third kappa shape index (κ3) is 32.9. The van der Waals surface area contributed by atoms with Crippen LogP contribution in [0.2, 0.25) is 0 Å². The number of carbonyl (C=O) groups is 1. The Labute approximate surface area is 461 Å². The summed E-state index contributed by atoms with van der Waals surface area (Å²) in [5, 5.41) is 87.1. The first-order chi connectivity index (χ1) is 37.1. The van der Waals surface area contributed by atoms with Crippen LogP contribution < -0.4 is 5.32 Å². The van der Waals surface area contributed by atoms with Gasteiger partial charge in [-0.2, -0.15) is 0 Å². The Morgan fingerprint density at radius 1 is 0.487 bits per heavy atom. The monoisotopic (exact) mass is 1080 g/mol. The molecule has 0 aromatic rings. The lowest BCUT2D eigenvalue weighted by atomic mass is 9.97. The van der Waals surface area contributed by atoms with Crippen LogP contribution in [0.15, 0.2) is 48.6 Å². The Bertz CT molecular complexity index is 1460. The quantitative estimate of drug-likeness (QED) is 0.0204. The zero-order valence-corrected chi connectivity index (χ0v) is 47.7. The number of nitrogens with one attached hydrogen (secondary N) is 1. The molecule has 0 bridgehead atoms. The second-order valence-electron chi connectivity index (χ2n) is 21.8. The molecular weight excluding hydrogens is 967 g/mol. The van der Waals surface area contributed by atoms with Crippen molar-refractivity contribution in [2.24, 2.45) is 0 Å². The lowest BCUT2D eigenvalue weighted by molar-refractivity contribution is -0.359. The predicted molar refractivity (Wildman–Crippen MR) is 304 cm³/mol. The molecule has 14 heteroatoms. The fraction of sp³-hybridized carbons (Fsp3) is 0.855. The van der Waals surface area contributed by atoms with E-state index in [-0.39, 0.29) is 12.5 Å². The van der Waals surface area contributed by atoms with E-state index < -0.39 is 86.8 Å². The Kier molecular flexibility index (Phi) is 44.0. The van der Waals surface area contributed by atoms with Crippen molar-refractivity contribution in [3.63, 3.8) is 0 Å². The van der Waals surface area contributed by atoms with E-state index in [1.165, 1.54) is 141 Å². The summed E-state index contributed by atoms with van der Waals surface area (Å²) in [5.74, 6) is -0.206. The van der Waals surface area contributed by atoms with Gasteiger partial charge in [0.1, 0.15) is 48.8 Å². The Morgan fingerprint density at radius 2 is 0.908 bits per heavy atom. The standard InChI is InChI=1S/C62H113NO13/c1-3-5-7-9-11-13-15-16-17-18-19-20-21-22-23-24-25-26-27-28-29-30-31-32-33-34-36-38-40-42-44-46-54(67)63-50(51(66)45-43-41-39-37-35-14-12-10-8-6-4-2)49-73-61-59(72)57(70)60(53(48-65)75-61)76-62-58(71)56(69)55(68)52(47-64)74-62/h5,7,11,13,16-17,19-20,50-53,55-62,64-66,68-72H,3-4,6,8-10,12,14-15,18,21-49H2,1-2H3,(H,63,67)/b7-5-,13-11-,17-16-,20-19-. The third-order valence-electron chi connectivity index (χ3n) is 15.1. The number of rotatable bonds is 49. The largest absolute Gasteiger partial charge is 0.394 e. The molecular formula is C62H113NO13. The van der Waals surface area contributed by atoms with Gasteiger partial charge in [0, 0.05) is 6.42 Å². The van der Waals surface area contributed by atoms with Gasteiger partial charge in [0.15, 0.2) is 12.6 Å². The van der Waals surface area contributed by atoms with Crippen LogP contribution in [0, 0.1) is 0 Å². The first-order valence-electron chi connectivity index (χ1n) is 30.9. The first kappa shape index (κ1) is 70.1. The Hall–Kier alpha value is -2.05. The van der Waals surface area contributed by atoms with Crippen molar-refractivity contribution in [3.8, 4) is 0 Å². The highest BCUT2D eigenvalue weighted by atomic mass is 16.7. The zero-order valence-electron chi connectivity index (χ0n) is 47.7. The molecule has 1 amide bonds. The van der Waals surface area contributed by atoms with E-state index in [1.807, 2.05) is 0 Å². The molecule has 444 valence electrons. The highest BCUT2D eigenvalue weighted by molar-refractivity contribution is 5.76. The lowest BCUT2D eigenvalue weighted by Crippen LogP contribution is -2.65. The Balaban J connectivity index is 1.62. The maximum Gasteiger partial charge on any atom is 0.220 e. The molecule has 12 atom stereocenters. The Morgan fingerprint density at radius 3 is 1.39 bits per heavy atom. The highest BCUT2D eigenvalue weighted by Crippen LogP contribution is 2.30. The molecule has 0 aromatic heterocycles. The van der Waals surface area contributed by atoms with Crippen LogP contribution in [0.4, 0.5) is 0 Å². The van der Waals surface area contributed by atoms with Gasteiger partial charge in [-0.15, -0.1) is 0 Å². The fourth-order valence-corrected chi connectivity index (χ4v) is 10.1. The molecule has 14 nitrogen and oxygen atoms in total. The summed E-state index contributed by atoms with van der Waals surface area (Å²) in [6, 6.07) is -0.827. The van der Waals surface area contributed by atoms with Gasteiger partial charge in [0.05, 0.1) is 32.0 Å². The number of unbranched alkanes of at least 4 members (excludes halogenated alkanes) is 28. The van der Waals surface area contributed by atoms with Gasteiger partial charge in [-0.25, -0.2) is 0 Å². The zero-order chi connectivity index (χ0) is 55.3. The van der Waals surface area contributed by atoms with Gasteiger partial charge < -0.3 is 65.1 Å². The number of hydrogen-bond acceptors (Lipinski definition) is 13. The summed E-state index contributed by atoms with van der Waals surface area (Å²) in [6.45, 7) is 2.74. The predicted octanol–water partition coefficient (Wildman–Crippen LogP) is 10.8. The SMILES string of the molecule is CC/C=C\C/C=C\C/C=C\C/C=C\CCCCCCCCCCCCCCCCCCCCC(=O)NC(COC1OC(CO)C(OC2OC(CO)C(O)C(O)C2O)C(O)C1O)C(O)CCCCCCCCCCCCC.